The van der Waals surface area contributed by atoms with Crippen LogP contribution in [-0.4, -0.2) is 30.3 Å². The summed E-state index contributed by atoms with van der Waals surface area (Å²) in [5.74, 6) is -1.28. The van der Waals surface area contributed by atoms with E-state index in [1.807, 2.05) is 30.3 Å². The highest BCUT2D eigenvalue weighted by atomic mass is 19.1. The first-order valence-corrected chi connectivity index (χ1v) is 7.38. The molecule has 0 fully saturated rings. The van der Waals surface area contributed by atoms with E-state index in [-0.39, 0.29) is 11.3 Å². The number of amides is 1. The first-order valence-electron chi connectivity index (χ1n) is 7.38. The molecule has 122 valence electrons. The lowest BCUT2D eigenvalue weighted by Crippen LogP contribution is -2.42. The maximum absolute atomic E-state index is 14.1. The van der Waals surface area contributed by atoms with Gasteiger partial charge in [-0.25, -0.2) is 4.39 Å². The van der Waals surface area contributed by atoms with Gasteiger partial charge in [-0.3, -0.25) is 4.79 Å². The van der Waals surface area contributed by atoms with E-state index in [9.17, 15) is 14.3 Å². The van der Waals surface area contributed by atoms with Crippen molar-refractivity contribution in [2.24, 2.45) is 0 Å². The molecular weight excluding hydrogens is 297 g/mol. The van der Waals surface area contributed by atoms with Gasteiger partial charge in [0.1, 0.15) is 0 Å². The zero-order valence-electron chi connectivity index (χ0n) is 13.1. The average Bonchev–Trinajstić information content (AvgIpc) is 2.55. The van der Waals surface area contributed by atoms with E-state index in [2.05, 4.69) is 5.32 Å². The minimum atomic E-state index is -0.769. The Balaban J connectivity index is 2.02. The lowest BCUT2D eigenvalue weighted by atomic mass is 10.0. The summed E-state index contributed by atoms with van der Waals surface area (Å²) in [4.78, 5) is 12.2. The molecule has 0 radical (unpaired) electrons. The molecule has 0 heterocycles. The second kappa shape index (κ2) is 7.74. The van der Waals surface area contributed by atoms with Crippen molar-refractivity contribution in [3.63, 3.8) is 0 Å². The fourth-order valence-corrected chi connectivity index (χ4v) is 2.26. The third-order valence-corrected chi connectivity index (χ3v) is 3.65. The zero-order valence-corrected chi connectivity index (χ0v) is 13.1. The number of carbonyl (C=O) groups is 1. The minimum Gasteiger partial charge on any atom is -0.494 e. The Morgan fingerprint density at radius 3 is 2.57 bits per heavy atom. The minimum absolute atomic E-state index is 0.00939. The molecule has 0 bridgehead atoms. The van der Waals surface area contributed by atoms with Crippen LogP contribution in [0.3, 0.4) is 0 Å². The molecule has 1 amide bonds. The normalized spacial score (nSPS) is 13.2. The molecule has 0 saturated carbocycles. The van der Waals surface area contributed by atoms with Gasteiger partial charge in [0.15, 0.2) is 11.6 Å². The van der Waals surface area contributed by atoms with Crippen LogP contribution in [0.15, 0.2) is 48.5 Å². The Bertz CT molecular complexity index is 661. The first-order chi connectivity index (χ1) is 11.0. The van der Waals surface area contributed by atoms with Gasteiger partial charge in [-0.15, -0.1) is 0 Å². The highest BCUT2D eigenvalue weighted by Crippen LogP contribution is 2.20. The van der Waals surface area contributed by atoms with E-state index < -0.39 is 23.9 Å². The first kappa shape index (κ1) is 17.0. The summed E-state index contributed by atoms with van der Waals surface area (Å²) < 4.78 is 18.9. The summed E-state index contributed by atoms with van der Waals surface area (Å²) in [6.45, 7) is 1.68. The topological polar surface area (TPSA) is 58.6 Å². The number of aliphatic hydroxyl groups is 1. The van der Waals surface area contributed by atoms with Gasteiger partial charge in [0, 0.05) is 6.42 Å². The van der Waals surface area contributed by atoms with Gasteiger partial charge in [0.25, 0.3) is 5.91 Å². The van der Waals surface area contributed by atoms with Crippen LogP contribution in [0.5, 0.6) is 5.75 Å². The number of rotatable bonds is 6. The molecule has 23 heavy (non-hydrogen) atoms. The van der Waals surface area contributed by atoms with Crippen LogP contribution in [0.25, 0.3) is 0 Å². The van der Waals surface area contributed by atoms with E-state index in [0.717, 1.165) is 5.56 Å². The van der Waals surface area contributed by atoms with Crippen LogP contribution in [0.2, 0.25) is 0 Å². The van der Waals surface area contributed by atoms with Crippen molar-refractivity contribution in [3.05, 3.63) is 65.5 Å². The number of hydrogen-bond donors (Lipinski definition) is 2. The van der Waals surface area contributed by atoms with E-state index in [1.54, 1.807) is 13.0 Å². The maximum Gasteiger partial charge on any atom is 0.254 e. The molecule has 0 saturated heterocycles. The van der Waals surface area contributed by atoms with Gasteiger partial charge in [-0.2, -0.15) is 0 Å². The van der Waals surface area contributed by atoms with Crippen LogP contribution in [-0.2, 0) is 6.42 Å². The maximum atomic E-state index is 14.1. The molecule has 0 aliphatic rings. The number of ether oxygens (including phenoxy) is 1. The molecule has 2 N–H and O–H groups in total. The SMILES string of the molecule is COc1cccc(C(=O)NC(C)C(O)Cc2ccccc2)c1F. The van der Waals surface area contributed by atoms with Crippen molar-refractivity contribution in [3.8, 4) is 5.75 Å². The van der Waals surface area contributed by atoms with Crippen LogP contribution in [0, 0.1) is 5.82 Å². The molecule has 2 aromatic rings. The lowest BCUT2D eigenvalue weighted by molar-refractivity contribution is 0.0847. The molecule has 0 aliphatic carbocycles. The van der Waals surface area contributed by atoms with Crippen LogP contribution >= 0.6 is 0 Å². The summed E-state index contributed by atoms with van der Waals surface area (Å²) >= 11 is 0. The van der Waals surface area contributed by atoms with Gasteiger partial charge in [-0.1, -0.05) is 36.4 Å². The zero-order chi connectivity index (χ0) is 16.8. The standard InChI is InChI=1S/C18H20FNO3/c1-12(15(21)11-13-7-4-3-5-8-13)20-18(22)14-9-6-10-16(23-2)17(14)19/h3-10,12,15,21H,11H2,1-2H3,(H,20,22). The number of halogens is 1. The average molecular weight is 317 g/mol. The van der Waals surface area contributed by atoms with Crippen molar-refractivity contribution in [1.29, 1.82) is 0 Å². The van der Waals surface area contributed by atoms with Crippen molar-refractivity contribution in [1.82, 2.24) is 5.32 Å². The van der Waals surface area contributed by atoms with Crippen molar-refractivity contribution in [2.75, 3.05) is 7.11 Å². The quantitative estimate of drug-likeness (QED) is 0.861. The Labute approximate surface area is 134 Å². The van der Waals surface area contributed by atoms with Gasteiger partial charge < -0.3 is 15.2 Å². The van der Waals surface area contributed by atoms with Gasteiger partial charge in [0.2, 0.25) is 0 Å². The smallest absolute Gasteiger partial charge is 0.254 e. The summed E-state index contributed by atoms with van der Waals surface area (Å²) in [6.07, 6.45) is -0.363. The predicted molar refractivity (Wildman–Crippen MR) is 86.0 cm³/mol. The molecule has 0 aromatic heterocycles. The summed E-state index contributed by atoms with van der Waals surface area (Å²) in [5, 5.41) is 12.8. The summed E-state index contributed by atoms with van der Waals surface area (Å²) in [5.41, 5.74) is 0.858. The molecule has 4 nitrogen and oxygen atoms in total. The van der Waals surface area contributed by atoms with Gasteiger partial charge in [0.05, 0.1) is 24.8 Å². The third-order valence-electron chi connectivity index (χ3n) is 3.65. The van der Waals surface area contributed by atoms with Crippen molar-refractivity contribution < 1.29 is 19.0 Å². The van der Waals surface area contributed by atoms with E-state index in [0.29, 0.717) is 6.42 Å². The largest absolute Gasteiger partial charge is 0.494 e. The second-order valence-corrected chi connectivity index (χ2v) is 5.34. The van der Waals surface area contributed by atoms with Crippen LogP contribution in [0.4, 0.5) is 4.39 Å². The number of hydrogen-bond acceptors (Lipinski definition) is 3. The molecule has 0 spiro atoms. The van der Waals surface area contributed by atoms with E-state index >= 15 is 0 Å². The molecule has 2 rings (SSSR count). The van der Waals surface area contributed by atoms with Crippen LogP contribution < -0.4 is 10.1 Å². The van der Waals surface area contributed by atoms with Gasteiger partial charge >= 0.3 is 0 Å². The Morgan fingerprint density at radius 1 is 1.22 bits per heavy atom. The molecule has 0 aliphatic heterocycles. The summed E-state index contributed by atoms with van der Waals surface area (Å²) in [6, 6.07) is 13.3. The molecule has 5 heteroatoms. The highest BCUT2D eigenvalue weighted by Gasteiger charge is 2.21. The lowest BCUT2D eigenvalue weighted by Gasteiger charge is -2.20. The molecule has 2 unspecified atom stereocenters. The fourth-order valence-electron chi connectivity index (χ4n) is 2.26. The van der Waals surface area contributed by atoms with E-state index in [1.165, 1.54) is 19.2 Å². The second-order valence-electron chi connectivity index (χ2n) is 5.34. The van der Waals surface area contributed by atoms with Crippen LogP contribution in [0.1, 0.15) is 22.8 Å². The monoisotopic (exact) mass is 317 g/mol. The van der Waals surface area contributed by atoms with E-state index in [4.69, 9.17) is 4.74 Å². The molecule has 2 atom stereocenters. The van der Waals surface area contributed by atoms with Gasteiger partial charge in [-0.05, 0) is 24.6 Å². The molecule has 2 aromatic carbocycles. The molecular formula is C18H20FNO3. The number of methoxy groups -OCH3 is 1. The van der Waals surface area contributed by atoms with Crippen molar-refractivity contribution in [2.45, 2.75) is 25.5 Å². The predicted octanol–water partition coefficient (Wildman–Crippen LogP) is 2.56. The highest BCUT2D eigenvalue weighted by molar-refractivity contribution is 5.95. The Morgan fingerprint density at radius 2 is 1.91 bits per heavy atom. The Hall–Kier alpha value is -2.40. The third kappa shape index (κ3) is 4.29. The van der Waals surface area contributed by atoms with Crippen molar-refractivity contribution >= 4 is 5.91 Å². The number of aliphatic hydroxyl groups excluding tert-OH is 1. The fraction of sp³-hybridized carbons (Fsp3) is 0.278. The summed E-state index contributed by atoms with van der Waals surface area (Å²) in [7, 11) is 1.34. The number of carbonyl (C=O) groups excluding carboxylic acids is 1. The Kier molecular flexibility index (Phi) is 5.71. The number of nitrogens with one attached hydrogen (secondary N) is 1. The number of benzene rings is 2.